The largest absolute Gasteiger partial charge is 0.380 e. The first-order valence-corrected chi connectivity index (χ1v) is 7.07. The monoisotopic (exact) mass is 247 g/mol. The van der Waals surface area contributed by atoms with E-state index in [4.69, 9.17) is 4.74 Å². The number of nitrogens with one attached hydrogen (secondary N) is 1. The van der Waals surface area contributed by atoms with E-state index in [1.807, 2.05) is 0 Å². The van der Waals surface area contributed by atoms with Gasteiger partial charge in [-0.2, -0.15) is 0 Å². The minimum absolute atomic E-state index is 0.706. The van der Waals surface area contributed by atoms with E-state index in [1.165, 1.54) is 30.4 Å². The molecule has 0 bridgehead atoms. The first kappa shape index (κ1) is 13.6. The highest BCUT2D eigenvalue weighted by atomic mass is 16.5. The summed E-state index contributed by atoms with van der Waals surface area (Å²) in [4.78, 5) is 0. The van der Waals surface area contributed by atoms with E-state index in [9.17, 15) is 0 Å². The maximum atomic E-state index is 5.24. The van der Waals surface area contributed by atoms with Crippen molar-refractivity contribution in [2.24, 2.45) is 11.8 Å². The number of hydrogen-bond acceptors (Lipinski definition) is 2. The van der Waals surface area contributed by atoms with Crippen molar-refractivity contribution in [3.05, 3.63) is 35.4 Å². The van der Waals surface area contributed by atoms with E-state index in [0.29, 0.717) is 6.61 Å². The third-order valence-corrected chi connectivity index (χ3v) is 4.18. The van der Waals surface area contributed by atoms with E-state index >= 15 is 0 Å². The van der Waals surface area contributed by atoms with Crippen LogP contribution in [0.2, 0.25) is 0 Å². The zero-order valence-corrected chi connectivity index (χ0v) is 11.6. The summed E-state index contributed by atoms with van der Waals surface area (Å²) in [5.74, 6) is 1.77. The Balaban J connectivity index is 1.82. The summed E-state index contributed by atoms with van der Waals surface area (Å²) in [6.45, 7) is 5.21. The summed E-state index contributed by atoms with van der Waals surface area (Å²) in [7, 11) is 1.75. The molecule has 0 radical (unpaired) electrons. The topological polar surface area (TPSA) is 21.3 Å². The number of methoxy groups -OCH3 is 1. The van der Waals surface area contributed by atoms with Crippen LogP contribution >= 0.6 is 0 Å². The minimum Gasteiger partial charge on any atom is -0.380 e. The van der Waals surface area contributed by atoms with Crippen molar-refractivity contribution < 1.29 is 4.74 Å². The third-order valence-electron chi connectivity index (χ3n) is 4.18. The Bertz CT molecular complexity index is 364. The van der Waals surface area contributed by atoms with Gasteiger partial charge in [0, 0.05) is 13.7 Å². The SMILES string of the molecule is COCc1ccccc1CNCC1CCCC1C. The molecular weight excluding hydrogens is 222 g/mol. The third kappa shape index (κ3) is 3.56. The van der Waals surface area contributed by atoms with Crippen molar-refractivity contribution in [2.75, 3.05) is 13.7 Å². The van der Waals surface area contributed by atoms with E-state index in [0.717, 1.165) is 24.9 Å². The predicted molar refractivity (Wildman–Crippen MR) is 75.4 cm³/mol. The van der Waals surface area contributed by atoms with Crippen molar-refractivity contribution in [1.82, 2.24) is 5.32 Å². The molecule has 1 aromatic carbocycles. The maximum Gasteiger partial charge on any atom is 0.0716 e. The summed E-state index contributed by atoms with van der Waals surface area (Å²) in [5.41, 5.74) is 2.66. The zero-order valence-electron chi connectivity index (χ0n) is 11.6. The average Bonchev–Trinajstić information content (AvgIpc) is 2.78. The molecule has 18 heavy (non-hydrogen) atoms. The van der Waals surface area contributed by atoms with Gasteiger partial charge in [0.15, 0.2) is 0 Å². The van der Waals surface area contributed by atoms with Gasteiger partial charge in [-0.05, 0) is 35.9 Å². The molecule has 100 valence electrons. The minimum atomic E-state index is 0.706. The molecule has 1 saturated carbocycles. The van der Waals surface area contributed by atoms with Crippen LogP contribution in [0.25, 0.3) is 0 Å². The van der Waals surface area contributed by atoms with E-state index in [1.54, 1.807) is 7.11 Å². The van der Waals surface area contributed by atoms with Crippen LogP contribution in [0.5, 0.6) is 0 Å². The molecule has 0 heterocycles. The van der Waals surface area contributed by atoms with Gasteiger partial charge in [0.2, 0.25) is 0 Å². The van der Waals surface area contributed by atoms with E-state index in [-0.39, 0.29) is 0 Å². The van der Waals surface area contributed by atoms with Crippen LogP contribution in [0, 0.1) is 11.8 Å². The first-order valence-electron chi connectivity index (χ1n) is 7.07. The molecule has 1 N–H and O–H groups in total. The first-order chi connectivity index (χ1) is 8.81. The fraction of sp³-hybridized carbons (Fsp3) is 0.625. The molecule has 0 saturated heterocycles. The Labute approximate surface area is 111 Å². The molecule has 1 fully saturated rings. The van der Waals surface area contributed by atoms with Gasteiger partial charge in [-0.15, -0.1) is 0 Å². The highest BCUT2D eigenvalue weighted by molar-refractivity contribution is 5.26. The lowest BCUT2D eigenvalue weighted by Crippen LogP contribution is -2.24. The van der Waals surface area contributed by atoms with Crippen molar-refractivity contribution in [2.45, 2.75) is 39.3 Å². The van der Waals surface area contributed by atoms with Gasteiger partial charge < -0.3 is 10.1 Å². The van der Waals surface area contributed by atoms with Gasteiger partial charge in [0.1, 0.15) is 0 Å². The Kier molecular flexibility index (Phi) is 5.21. The van der Waals surface area contributed by atoms with Gasteiger partial charge in [-0.1, -0.05) is 44.0 Å². The normalized spacial score (nSPS) is 23.4. The van der Waals surface area contributed by atoms with Gasteiger partial charge in [0.05, 0.1) is 6.61 Å². The highest BCUT2D eigenvalue weighted by Crippen LogP contribution is 2.30. The van der Waals surface area contributed by atoms with E-state index in [2.05, 4.69) is 36.5 Å². The molecule has 0 spiro atoms. The van der Waals surface area contributed by atoms with Gasteiger partial charge in [-0.25, -0.2) is 0 Å². The second-order valence-electron chi connectivity index (χ2n) is 5.50. The quantitative estimate of drug-likeness (QED) is 0.832. The molecule has 2 unspecified atom stereocenters. The van der Waals surface area contributed by atoms with Crippen LogP contribution in [-0.4, -0.2) is 13.7 Å². The Morgan fingerprint density at radius 2 is 2.00 bits per heavy atom. The Hall–Kier alpha value is -0.860. The fourth-order valence-corrected chi connectivity index (χ4v) is 2.94. The lowest BCUT2D eigenvalue weighted by atomic mass is 9.98. The zero-order chi connectivity index (χ0) is 12.8. The smallest absolute Gasteiger partial charge is 0.0716 e. The summed E-state index contributed by atoms with van der Waals surface area (Å²) >= 11 is 0. The maximum absolute atomic E-state index is 5.24. The summed E-state index contributed by atoms with van der Waals surface area (Å²) < 4.78 is 5.24. The molecule has 2 atom stereocenters. The molecule has 2 nitrogen and oxygen atoms in total. The van der Waals surface area contributed by atoms with Gasteiger partial charge >= 0.3 is 0 Å². The number of benzene rings is 1. The molecule has 0 amide bonds. The molecule has 2 heteroatoms. The van der Waals surface area contributed by atoms with Crippen LogP contribution in [0.1, 0.15) is 37.3 Å². The molecule has 1 aromatic rings. The predicted octanol–water partition coefficient (Wildman–Crippen LogP) is 3.36. The average molecular weight is 247 g/mol. The van der Waals surface area contributed by atoms with Crippen LogP contribution in [0.3, 0.4) is 0 Å². The Morgan fingerprint density at radius 1 is 1.22 bits per heavy atom. The van der Waals surface area contributed by atoms with Gasteiger partial charge in [0.25, 0.3) is 0 Å². The second kappa shape index (κ2) is 6.91. The molecular formula is C16H25NO. The molecule has 2 rings (SSSR count). The number of ether oxygens (including phenoxy) is 1. The van der Waals surface area contributed by atoms with Crippen LogP contribution in [-0.2, 0) is 17.9 Å². The van der Waals surface area contributed by atoms with Crippen molar-refractivity contribution in [3.63, 3.8) is 0 Å². The lowest BCUT2D eigenvalue weighted by molar-refractivity contribution is 0.184. The van der Waals surface area contributed by atoms with Crippen molar-refractivity contribution in [3.8, 4) is 0 Å². The highest BCUT2D eigenvalue weighted by Gasteiger charge is 2.22. The fourth-order valence-electron chi connectivity index (χ4n) is 2.94. The second-order valence-corrected chi connectivity index (χ2v) is 5.50. The van der Waals surface area contributed by atoms with Crippen LogP contribution in [0.4, 0.5) is 0 Å². The molecule has 0 aliphatic heterocycles. The standard InChI is InChI=1S/C16H25NO/c1-13-6-5-9-14(13)10-17-11-15-7-3-4-8-16(15)12-18-2/h3-4,7-8,13-14,17H,5-6,9-12H2,1-2H3. The van der Waals surface area contributed by atoms with Crippen molar-refractivity contribution >= 4 is 0 Å². The molecule has 0 aromatic heterocycles. The van der Waals surface area contributed by atoms with E-state index < -0.39 is 0 Å². The molecule has 1 aliphatic carbocycles. The lowest BCUT2D eigenvalue weighted by Gasteiger charge is -2.17. The Morgan fingerprint density at radius 3 is 2.67 bits per heavy atom. The van der Waals surface area contributed by atoms with Gasteiger partial charge in [-0.3, -0.25) is 0 Å². The van der Waals surface area contributed by atoms with Crippen molar-refractivity contribution in [1.29, 1.82) is 0 Å². The summed E-state index contributed by atoms with van der Waals surface area (Å²) in [6, 6.07) is 8.53. The number of hydrogen-bond donors (Lipinski definition) is 1. The summed E-state index contributed by atoms with van der Waals surface area (Å²) in [6.07, 6.45) is 4.22. The van der Waals surface area contributed by atoms with Crippen LogP contribution < -0.4 is 5.32 Å². The summed E-state index contributed by atoms with van der Waals surface area (Å²) in [5, 5.41) is 3.62. The van der Waals surface area contributed by atoms with Crippen LogP contribution in [0.15, 0.2) is 24.3 Å². The number of rotatable bonds is 6. The molecule has 1 aliphatic rings.